The van der Waals surface area contributed by atoms with Gasteiger partial charge in [-0.15, -0.1) is 0 Å². The van der Waals surface area contributed by atoms with Crippen molar-refractivity contribution in [2.75, 3.05) is 29.1 Å². The Balaban J connectivity index is 1.75. The number of ether oxygens (including phenoxy) is 1. The second-order valence-corrected chi connectivity index (χ2v) is 6.82. The molecule has 0 saturated heterocycles. The maximum Gasteiger partial charge on any atom is 0.243 e. The molecule has 0 aliphatic heterocycles. The lowest BCUT2D eigenvalue weighted by atomic mass is 10.2. The summed E-state index contributed by atoms with van der Waals surface area (Å²) < 4.78 is 5.72. The molecule has 2 aromatic carbocycles. The van der Waals surface area contributed by atoms with Crippen LogP contribution < -0.4 is 20.7 Å². The molecular formula is C23H31N3O3. The zero-order chi connectivity index (χ0) is 20.9. The number of unbranched alkanes of at least 4 members (excludes halogenated alkanes) is 3. The van der Waals surface area contributed by atoms with Gasteiger partial charge in [0.05, 0.1) is 13.2 Å². The Morgan fingerprint density at radius 3 is 2.17 bits per heavy atom. The maximum absolute atomic E-state index is 12.2. The zero-order valence-electron chi connectivity index (χ0n) is 17.3. The van der Waals surface area contributed by atoms with Gasteiger partial charge in [0.2, 0.25) is 11.8 Å². The molecule has 2 aromatic rings. The van der Waals surface area contributed by atoms with E-state index in [0.717, 1.165) is 24.5 Å². The summed E-state index contributed by atoms with van der Waals surface area (Å²) in [6.45, 7) is 4.85. The summed E-state index contributed by atoms with van der Waals surface area (Å²) in [5.74, 6) is 0.603. The van der Waals surface area contributed by atoms with Crippen LogP contribution in [0, 0.1) is 0 Å². The van der Waals surface area contributed by atoms with Crippen molar-refractivity contribution in [2.24, 2.45) is 0 Å². The van der Waals surface area contributed by atoms with Crippen LogP contribution in [0.15, 0.2) is 48.5 Å². The summed E-state index contributed by atoms with van der Waals surface area (Å²) in [4.78, 5) is 23.7. The van der Waals surface area contributed by atoms with Crippen LogP contribution >= 0.6 is 0 Å². The molecule has 0 aliphatic rings. The molecule has 3 N–H and O–H groups in total. The van der Waals surface area contributed by atoms with E-state index in [4.69, 9.17) is 4.74 Å². The minimum absolute atomic E-state index is 0.0662. The smallest absolute Gasteiger partial charge is 0.243 e. The minimum atomic E-state index is -0.166. The maximum atomic E-state index is 12.2. The van der Waals surface area contributed by atoms with E-state index < -0.39 is 0 Å². The van der Waals surface area contributed by atoms with Gasteiger partial charge in [-0.1, -0.05) is 39.2 Å². The van der Waals surface area contributed by atoms with E-state index in [9.17, 15) is 9.59 Å². The van der Waals surface area contributed by atoms with Crippen molar-refractivity contribution >= 4 is 28.9 Å². The number of rotatable bonds is 12. The van der Waals surface area contributed by atoms with Crippen LogP contribution in [0.1, 0.15) is 46.0 Å². The predicted molar refractivity (Wildman–Crippen MR) is 119 cm³/mol. The first-order valence-electron chi connectivity index (χ1n) is 10.3. The number of amides is 2. The molecule has 0 atom stereocenters. The molecule has 0 bridgehead atoms. The first-order chi connectivity index (χ1) is 14.1. The van der Waals surface area contributed by atoms with Gasteiger partial charge in [-0.05, 0) is 48.9 Å². The Morgan fingerprint density at radius 1 is 0.828 bits per heavy atom. The van der Waals surface area contributed by atoms with Gasteiger partial charge in [0.25, 0.3) is 0 Å². The monoisotopic (exact) mass is 397 g/mol. The van der Waals surface area contributed by atoms with Gasteiger partial charge in [-0.25, -0.2) is 0 Å². The number of hydrogen-bond acceptors (Lipinski definition) is 4. The molecule has 0 radical (unpaired) electrons. The van der Waals surface area contributed by atoms with Crippen LogP contribution in [0.4, 0.5) is 17.1 Å². The van der Waals surface area contributed by atoms with Crippen LogP contribution in [0.5, 0.6) is 5.75 Å². The third kappa shape index (κ3) is 8.68. The number of nitrogens with one attached hydrogen (secondary N) is 3. The zero-order valence-corrected chi connectivity index (χ0v) is 17.3. The van der Waals surface area contributed by atoms with E-state index >= 15 is 0 Å². The van der Waals surface area contributed by atoms with Crippen LogP contribution in [-0.2, 0) is 9.59 Å². The molecule has 2 rings (SSSR count). The van der Waals surface area contributed by atoms with Crippen molar-refractivity contribution in [3.8, 4) is 5.75 Å². The lowest BCUT2D eigenvalue weighted by Crippen LogP contribution is -2.21. The molecule has 29 heavy (non-hydrogen) atoms. The van der Waals surface area contributed by atoms with Crippen molar-refractivity contribution in [2.45, 2.75) is 46.0 Å². The largest absolute Gasteiger partial charge is 0.494 e. The molecular weight excluding hydrogens is 366 g/mol. The van der Waals surface area contributed by atoms with Crippen LogP contribution in [0.2, 0.25) is 0 Å². The average Bonchev–Trinajstić information content (AvgIpc) is 2.73. The topological polar surface area (TPSA) is 79.5 Å². The number of anilines is 3. The molecule has 0 fully saturated rings. The number of carbonyl (C=O) groups excluding carboxylic acids is 2. The highest BCUT2D eigenvalue weighted by molar-refractivity contribution is 5.95. The molecule has 0 aliphatic carbocycles. The third-order valence-corrected chi connectivity index (χ3v) is 4.33. The van der Waals surface area contributed by atoms with Crippen LogP contribution in [0.25, 0.3) is 0 Å². The molecule has 6 nitrogen and oxygen atoms in total. The molecule has 0 saturated carbocycles. The molecule has 6 heteroatoms. The van der Waals surface area contributed by atoms with Gasteiger partial charge in [-0.3, -0.25) is 9.59 Å². The van der Waals surface area contributed by atoms with E-state index in [1.807, 2.05) is 24.3 Å². The number of benzene rings is 2. The summed E-state index contributed by atoms with van der Waals surface area (Å²) in [5.41, 5.74) is 2.15. The minimum Gasteiger partial charge on any atom is -0.494 e. The molecule has 0 spiro atoms. The Hall–Kier alpha value is -3.02. The fraction of sp³-hybridized carbons (Fsp3) is 0.391. The van der Waals surface area contributed by atoms with Crippen LogP contribution in [0.3, 0.4) is 0 Å². The Bertz CT molecular complexity index is 775. The number of carbonyl (C=O) groups is 2. The summed E-state index contributed by atoms with van der Waals surface area (Å²) in [7, 11) is 0. The highest BCUT2D eigenvalue weighted by Crippen LogP contribution is 2.17. The lowest BCUT2D eigenvalue weighted by molar-refractivity contribution is -0.116. The molecule has 156 valence electrons. The Labute approximate surface area is 173 Å². The second-order valence-electron chi connectivity index (χ2n) is 6.82. The summed E-state index contributed by atoms with van der Waals surface area (Å²) >= 11 is 0. The number of hydrogen-bond donors (Lipinski definition) is 3. The normalized spacial score (nSPS) is 10.3. The van der Waals surface area contributed by atoms with Gasteiger partial charge in [0.15, 0.2) is 0 Å². The van der Waals surface area contributed by atoms with Crippen LogP contribution in [-0.4, -0.2) is 25.0 Å². The van der Waals surface area contributed by atoms with E-state index in [1.165, 1.54) is 19.3 Å². The fourth-order valence-corrected chi connectivity index (χ4v) is 2.70. The summed E-state index contributed by atoms with van der Waals surface area (Å²) in [5, 5.41) is 8.69. The first-order valence-corrected chi connectivity index (χ1v) is 10.3. The van der Waals surface area contributed by atoms with Crippen molar-refractivity contribution < 1.29 is 14.3 Å². The van der Waals surface area contributed by atoms with E-state index in [1.54, 1.807) is 31.2 Å². The van der Waals surface area contributed by atoms with Crippen molar-refractivity contribution in [3.05, 3.63) is 48.5 Å². The molecule has 2 amide bonds. The SMILES string of the molecule is CCCCCCOc1ccc(NCC(=O)Nc2cccc(NC(=O)CC)c2)cc1. The van der Waals surface area contributed by atoms with Gasteiger partial charge < -0.3 is 20.7 Å². The molecule has 0 unspecified atom stereocenters. The fourth-order valence-electron chi connectivity index (χ4n) is 2.70. The summed E-state index contributed by atoms with van der Waals surface area (Å²) in [6, 6.07) is 14.7. The highest BCUT2D eigenvalue weighted by Gasteiger charge is 2.05. The Morgan fingerprint density at radius 2 is 1.52 bits per heavy atom. The lowest BCUT2D eigenvalue weighted by Gasteiger charge is -2.10. The van der Waals surface area contributed by atoms with Gasteiger partial charge in [0, 0.05) is 23.5 Å². The average molecular weight is 398 g/mol. The predicted octanol–water partition coefficient (Wildman–Crippen LogP) is 5.04. The quantitative estimate of drug-likeness (QED) is 0.438. The van der Waals surface area contributed by atoms with E-state index in [0.29, 0.717) is 17.8 Å². The van der Waals surface area contributed by atoms with Gasteiger partial charge in [0.1, 0.15) is 5.75 Å². The molecule has 0 aromatic heterocycles. The Kier molecular flexibility index (Phi) is 9.55. The van der Waals surface area contributed by atoms with E-state index in [-0.39, 0.29) is 18.4 Å². The van der Waals surface area contributed by atoms with Gasteiger partial charge in [-0.2, -0.15) is 0 Å². The second kappa shape index (κ2) is 12.4. The van der Waals surface area contributed by atoms with Crippen molar-refractivity contribution in [1.82, 2.24) is 0 Å². The summed E-state index contributed by atoms with van der Waals surface area (Å²) in [6.07, 6.45) is 5.13. The molecule has 0 heterocycles. The van der Waals surface area contributed by atoms with E-state index in [2.05, 4.69) is 22.9 Å². The standard InChI is InChI=1S/C23H31N3O3/c1-3-5-6-7-15-29-21-13-11-18(12-14-21)24-17-23(28)26-20-10-8-9-19(16-20)25-22(27)4-2/h8-14,16,24H,3-7,15,17H2,1-2H3,(H,25,27)(H,26,28). The van der Waals surface area contributed by atoms with Crippen molar-refractivity contribution in [1.29, 1.82) is 0 Å². The van der Waals surface area contributed by atoms with Crippen molar-refractivity contribution in [3.63, 3.8) is 0 Å². The van der Waals surface area contributed by atoms with Gasteiger partial charge >= 0.3 is 0 Å². The first kappa shape index (κ1) is 22.3. The third-order valence-electron chi connectivity index (χ3n) is 4.33. The highest BCUT2D eigenvalue weighted by atomic mass is 16.5.